The fraction of sp³-hybridized carbons (Fsp3) is 0. The van der Waals surface area contributed by atoms with E-state index in [0.717, 1.165) is 55.4 Å². The van der Waals surface area contributed by atoms with Gasteiger partial charge in [-0.3, -0.25) is 4.57 Å². The highest BCUT2D eigenvalue weighted by atomic mass is 32.1. The van der Waals surface area contributed by atoms with Crippen LogP contribution in [0.15, 0.2) is 188 Å². The lowest BCUT2D eigenvalue weighted by Gasteiger charge is -2.14. The van der Waals surface area contributed by atoms with Crippen molar-refractivity contribution >= 4 is 53.3 Å². The van der Waals surface area contributed by atoms with Crippen molar-refractivity contribution in [3.05, 3.63) is 188 Å². The van der Waals surface area contributed by atoms with E-state index in [1.54, 1.807) is 0 Å². The number of para-hydroxylation sites is 1. The van der Waals surface area contributed by atoms with Gasteiger partial charge in [0, 0.05) is 48.3 Å². The molecule has 0 aliphatic heterocycles. The topological polar surface area (TPSA) is 56.5 Å². The average molecular weight is 734 g/mol. The summed E-state index contributed by atoms with van der Waals surface area (Å²) in [6.07, 6.45) is 1.84. The Bertz CT molecular complexity index is 3240. The van der Waals surface area contributed by atoms with Crippen molar-refractivity contribution in [3.8, 4) is 62.2 Å². The molecule has 4 aromatic heterocycles. The predicted octanol–water partition coefficient (Wildman–Crippen LogP) is 13.1. The van der Waals surface area contributed by atoms with E-state index in [1.807, 2.05) is 60.0 Å². The molecular weight excluding hydrogens is 703 g/mol. The molecule has 4 heterocycles. The van der Waals surface area contributed by atoms with Gasteiger partial charge in [-0.2, -0.15) is 0 Å². The number of benzene rings is 7. The first-order chi connectivity index (χ1) is 27.7. The molecule has 262 valence electrons. The molecule has 6 heteroatoms. The van der Waals surface area contributed by atoms with E-state index in [1.165, 1.54) is 31.3 Å². The summed E-state index contributed by atoms with van der Waals surface area (Å²) in [6.45, 7) is 0. The van der Waals surface area contributed by atoms with Crippen molar-refractivity contribution in [2.24, 2.45) is 0 Å². The summed E-state index contributed by atoms with van der Waals surface area (Å²) >= 11 is 1.85. The van der Waals surface area contributed by atoms with Gasteiger partial charge in [-0.15, -0.1) is 11.3 Å². The highest BCUT2D eigenvalue weighted by Gasteiger charge is 2.21. The normalized spacial score (nSPS) is 11.6. The molecule has 7 aromatic carbocycles. The molecule has 0 N–H and O–H groups in total. The van der Waals surface area contributed by atoms with Crippen LogP contribution in [0, 0.1) is 0 Å². The standard InChI is InChI=1S/C50H31N5S/c1-3-12-32(13-4-1)33-21-23-35(24-22-33)48-52-47(34-14-5-2-6-15-34)53-49(54-48)41-18-11-29-51-50(41)55-43-19-9-7-16-38(43)42-30-36(26-28-44(42)55)37-25-27-40-39-17-8-10-20-45(39)56-46(40)31-37/h1-31H. The molecule has 0 radical (unpaired) electrons. The lowest BCUT2D eigenvalue weighted by molar-refractivity contribution is 1.04. The second-order valence-corrected chi connectivity index (χ2v) is 15.0. The van der Waals surface area contributed by atoms with Crippen LogP contribution in [0.4, 0.5) is 0 Å². The fourth-order valence-corrected chi connectivity index (χ4v) is 8.97. The Hall–Kier alpha value is -7.28. The molecule has 0 unspecified atom stereocenters. The van der Waals surface area contributed by atoms with Crippen LogP contribution in [-0.2, 0) is 0 Å². The second-order valence-electron chi connectivity index (χ2n) is 13.9. The minimum Gasteiger partial charge on any atom is -0.293 e. The molecule has 11 aromatic rings. The van der Waals surface area contributed by atoms with E-state index in [4.69, 9.17) is 19.9 Å². The van der Waals surface area contributed by atoms with E-state index in [9.17, 15) is 0 Å². The zero-order valence-corrected chi connectivity index (χ0v) is 30.9. The van der Waals surface area contributed by atoms with Gasteiger partial charge in [-0.05, 0) is 64.7 Å². The Morgan fingerprint density at radius 1 is 0.357 bits per heavy atom. The van der Waals surface area contributed by atoms with Crippen LogP contribution in [0.3, 0.4) is 0 Å². The van der Waals surface area contributed by atoms with Crippen LogP contribution in [0.2, 0.25) is 0 Å². The van der Waals surface area contributed by atoms with Crippen LogP contribution in [-0.4, -0.2) is 24.5 Å². The van der Waals surface area contributed by atoms with Gasteiger partial charge in [-0.1, -0.05) is 140 Å². The van der Waals surface area contributed by atoms with Gasteiger partial charge in [0.15, 0.2) is 17.5 Å². The first-order valence-corrected chi connectivity index (χ1v) is 19.4. The third-order valence-corrected chi connectivity index (χ3v) is 11.7. The molecule has 0 atom stereocenters. The molecule has 0 amide bonds. The lowest BCUT2D eigenvalue weighted by Crippen LogP contribution is -2.05. The SMILES string of the molecule is c1ccc(-c2ccc(-c3nc(-c4ccccc4)nc(-c4cccnc4-n4c5ccccc5c5cc(-c6ccc7c(c6)sc6ccccc67)ccc54)n3)cc2)cc1. The maximum atomic E-state index is 5.15. The number of aromatic nitrogens is 5. The first kappa shape index (κ1) is 32.2. The van der Waals surface area contributed by atoms with Crippen LogP contribution < -0.4 is 0 Å². The Kier molecular flexibility index (Phi) is 7.60. The van der Waals surface area contributed by atoms with Crippen LogP contribution in [0.5, 0.6) is 0 Å². The Balaban J connectivity index is 1.07. The molecule has 5 nitrogen and oxygen atoms in total. The highest BCUT2D eigenvalue weighted by molar-refractivity contribution is 7.25. The van der Waals surface area contributed by atoms with Gasteiger partial charge >= 0.3 is 0 Å². The second kappa shape index (κ2) is 13.2. The monoisotopic (exact) mass is 733 g/mol. The van der Waals surface area contributed by atoms with Crippen molar-refractivity contribution < 1.29 is 0 Å². The third kappa shape index (κ3) is 5.46. The third-order valence-electron chi connectivity index (χ3n) is 10.5. The van der Waals surface area contributed by atoms with Crippen molar-refractivity contribution in [1.29, 1.82) is 0 Å². The summed E-state index contributed by atoms with van der Waals surface area (Å²) in [7, 11) is 0. The molecule has 0 spiro atoms. The quantitative estimate of drug-likeness (QED) is 0.171. The zero-order chi connectivity index (χ0) is 37.0. The van der Waals surface area contributed by atoms with Crippen molar-refractivity contribution in [2.75, 3.05) is 0 Å². The fourth-order valence-electron chi connectivity index (χ4n) is 7.82. The van der Waals surface area contributed by atoms with Crippen LogP contribution in [0.25, 0.3) is 104 Å². The first-order valence-electron chi connectivity index (χ1n) is 18.6. The van der Waals surface area contributed by atoms with Gasteiger partial charge in [-0.25, -0.2) is 19.9 Å². The number of nitrogens with zero attached hydrogens (tertiary/aromatic N) is 5. The molecule has 0 aliphatic carbocycles. The molecule has 0 bridgehead atoms. The van der Waals surface area contributed by atoms with Crippen LogP contribution in [0.1, 0.15) is 0 Å². The summed E-state index contributed by atoms with van der Waals surface area (Å²) in [4.78, 5) is 20.3. The number of hydrogen-bond acceptors (Lipinski definition) is 5. The van der Waals surface area contributed by atoms with Gasteiger partial charge < -0.3 is 0 Å². The number of rotatable bonds is 6. The summed E-state index contributed by atoms with van der Waals surface area (Å²) in [5.41, 5.74) is 9.44. The Morgan fingerprint density at radius 3 is 1.71 bits per heavy atom. The number of thiophene rings is 1. The van der Waals surface area contributed by atoms with Crippen molar-refractivity contribution in [2.45, 2.75) is 0 Å². The lowest BCUT2D eigenvalue weighted by atomic mass is 10.0. The maximum Gasteiger partial charge on any atom is 0.167 e. The molecule has 56 heavy (non-hydrogen) atoms. The Morgan fingerprint density at radius 2 is 0.911 bits per heavy atom. The molecule has 11 rings (SSSR count). The predicted molar refractivity (Wildman–Crippen MR) is 232 cm³/mol. The van der Waals surface area contributed by atoms with E-state index in [2.05, 4.69) is 144 Å². The summed E-state index contributed by atoms with van der Waals surface area (Å²) < 4.78 is 4.86. The summed E-state index contributed by atoms with van der Waals surface area (Å²) in [5.74, 6) is 2.53. The van der Waals surface area contributed by atoms with Crippen LogP contribution >= 0.6 is 11.3 Å². The average Bonchev–Trinajstić information content (AvgIpc) is 3.82. The van der Waals surface area contributed by atoms with Gasteiger partial charge in [0.2, 0.25) is 0 Å². The Labute approximate surface area is 326 Å². The van der Waals surface area contributed by atoms with Gasteiger partial charge in [0.1, 0.15) is 5.82 Å². The van der Waals surface area contributed by atoms with E-state index in [0.29, 0.717) is 17.5 Å². The molecule has 0 saturated heterocycles. The maximum absolute atomic E-state index is 5.15. The largest absolute Gasteiger partial charge is 0.293 e. The number of pyridine rings is 1. The van der Waals surface area contributed by atoms with Gasteiger partial charge in [0.25, 0.3) is 0 Å². The molecule has 0 fully saturated rings. The number of hydrogen-bond donors (Lipinski definition) is 0. The zero-order valence-electron chi connectivity index (χ0n) is 30.0. The molecular formula is C50H31N5S. The highest BCUT2D eigenvalue weighted by Crippen LogP contribution is 2.40. The summed E-state index contributed by atoms with van der Waals surface area (Å²) in [5, 5.41) is 4.93. The molecule has 0 saturated carbocycles. The minimum atomic E-state index is 0.559. The summed E-state index contributed by atoms with van der Waals surface area (Å²) in [6, 6.07) is 63.7. The van der Waals surface area contributed by atoms with E-state index in [-0.39, 0.29) is 0 Å². The van der Waals surface area contributed by atoms with E-state index >= 15 is 0 Å². The van der Waals surface area contributed by atoms with Crippen molar-refractivity contribution in [3.63, 3.8) is 0 Å². The number of fused-ring (bicyclic) bond motifs is 6. The molecule has 0 aliphatic rings. The van der Waals surface area contributed by atoms with Gasteiger partial charge in [0.05, 0.1) is 16.6 Å². The van der Waals surface area contributed by atoms with E-state index < -0.39 is 0 Å². The smallest absolute Gasteiger partial charge is 0.167 e. The van der Waals surface area contributed by atoms with Crippen molar-refractivity contribution in [1.82, 2.24) is 24.5 Å². The minimum absolute atomic E-state index is 0.559.